The van der Waals surface area contributed by atoms with Gasteiger partial charge in [0.15, 0.2) is 5.60 Å². The molecule has 3 aromatic carbocycles. The number of phenolic OH excluding ortho intramolecular Hbond substituents is 2. The summed E-state index contributed by atoms with van der Waals surface area (Å²) >= 11 is 13.4. The molecule has 2 N–H and O–H groups in total. The van der Waals surface area contributed by atoms with E-state index in [9.17, 15) is 15.0 Å². The average Bonchev–Trinajstić information content (AvgIpc) is 2.97. The Morgan fingerprint density at radius 3 is 1.64 bits per heavy atom. The first kappa shape index (κ1) is 19.9. The first-order chi connectivity index (χ1) is 13.3. The van der Waals surface area contributed by atoms with Crippen molar-refractivity contribution in [3.63, 3.8) is 0 Å². The number of fused-ring (bicyclic) bond motifs is 1. The van der Waals surface area contributed by atoms with Crippen molar-refractivity contribution < 1.29 is 19.7 Å². The topological polar surface area (TPSA) is 66.8 Å². The number of phenols is 2. The van der Waals surface area contributed by atoms with E-state index in [2.05, 4.69) is 63.7 Å². The van der Waals surface area contributed by atoms with Gasteiger partial charge in [0, 0.05) is 16.7 Å². The third-order valence-corrected chi connectivity index (χ3v) is 7.04. The molecule has 4 nitrogen and oxygen atoms in total. The van der Waals surface area contributed by atoms with Crippen molar-refractivity contribution in [2.24, 2.45) is 0 Å². The van der Waals surface area contributed by atoms with Gasteiger partial charge in [0.1, 0.15) is 11.5 Å². The molecule has 8 heteroatoms. The maximum absolute atomic E-state index is 12.7. The van der Waals surface area contributed by atoms with E-state index < -0.39 is 11.6 Å². The number of esters is 1. The molecule has 4 rings (SSSR count). The molecular weight excluding hydrogens is 624 g/mol. The lowest BCUT2D eigenvalue weighted by Gasteiger charge is -2.31. The fraction of sp³-hybridized carbons (Fsp3) is 0.0500. The summed E-state index contributed by atoms with van der Waals surface area (Å²) in [5, 5.41) is 20.3. The van der Waals surface area contributed by atoms with E-state index in [-0.39, 0.29) is 11.5 Å². The van der Waals surface area contributed by atoms with Gasteiger partial charge in [-0.2, -0.15) is 0 Å². The molecule has 0 atom stereocenters. The Labute approximate surface area is 194 Å². The van der Waals surface area contributed by atoms with Crippen LogP contribution >= 0.6 is 63.7 Å². The summed E-state index contributed by atoms with van der Waals surface area (Å²) in [6.07, 6.45) is 0. The average molecular weight is 634 g/mol. The van der Waals surface area contributed by atoms with Gasteiger partial charge in [-0.25, -0.2) is 4.79 Å². The standard InChI is InChI=1S/C20H10Br4O4/c21-13-5-9(6-14(22)17(13)25)20(10-7-15(23)18(26)16(24)8-10)12-4-2-1-3-11(12)19(27)28-20/h1-8,25-26H. The molecule has 3 aromatic rings. The van der Waals surface area contributed by atoms with E-state index in [1.165, 1.54) is 0 Å². The number of carbonyl (C=O) groups is 1. The highest BCUT2D eigenvalue weighted by atomic mass is 79.9. The molecule has 1 heterocycles. The van der Waals surface area contributed by atoms with Crippen molar-refractivity contribution in [1.82, 2.24) is 0 Å². The minimum atomic E-state index is -1.26. The molecule has 1 aliphatic rings. The maximum atomic E-state index is 12.7. The predicted octanol–water partition coefficient (Wildman–Crippen LogP) is 6.61. The van der Waals surface area contributed by atoms with Crippen LogP contribution in [0.3, 0.4) is 0 Å². The van der Waals surface area contributed by atoms with E-state index in [1.807, 2.05) is 12.1 Å². The van der Waals surface area contributed by atoms with Gasteiger partial charge in [-0.1, -0.05) is 18.2 Å². The maximum Gasteiger partial charge on any atom is 0.340 e. The van der Waals surface area contributed by atoms with Crippen molar-refractivity contribution in [3.8, 4) is 11.5 Å². The largest absolute Gasteiger partial charge is 0.506 e. The van der Waals surface area contributed by atoms with Gasteiger partial charge in [-0.3, -0.25) is 0 Å². The summed E-state index contributed by atoms with van der Waals surface area (Å²) in [6.45, 7) is 0. The zero-order valence-electron chi connectivity index (χ0n) is 13.8. The Morgan fingerprint density at radius 1 is 0.750 bits per heavy atom. The van der Waals surface area contributed by atoms with Gasteiger partial charge in [0.05, 0.1) is 23.5 Å². The van der Waals surface area contributed by atoms with E-state index in [1.54, 1.807) is 36.4 Å². The number of benzene rings is 3. The summed E-state index contributed by atoms with van der Waals surface area (Å²) in [7, 11) is 0. The minimum Gasteiger partial charge on any atom is -0.506 e. The summed E-state index contributed by atoms with van der Waals surface area (Å²) in [4.78, 5) is 12.7. The van der Waals surface area contributed by atoms with Gasteiger partial charge in [0.2, 0.25) is 0 Å². The molecule has 28 heavy (non-hydrogen) atoms. The predicted molar refractivity (Wildman–Crippen MR) is 119 cm³/mol. The van der Waals surface area contributed by atoms with Crippen LogP contribution in [0, 0.1) is 0 Å². The summed E-state index contributed by atoms with van der Waals surface area (Å²) in [5.41, 5.74) is 1.14. The molecule has 0 saturated carbocycles. The van der Waals surface area contributed by atoms with Crippen molar-refractivity contribution in [2.75, 3.05) is 0 Å². The van der Waals surface area contributed by atoms with E-state index in [0.717, 1.165) is 0 Å². The lowest BCUT2D eigenvalue weighted by Crippen LogP contribution is -2.29. The monoisotopic (exact) mass is 630 g/mol. The number of aromatic hydroxyl groups is 2. The van der Waals surface area contributed by atoms with Crippen molar-refractivity contribution in [1.29, 1.82) is 0 Å². The zero-order chi connectivity index (χ0) is 20.2. The van der Waals surface area contributed by atoms with Gasteiger partial charge in [0.25, 0.3) is 0 Å². The number of hydrogen-bond acceptors (Lipinski definition) is 4. The van der Waals surface area contributed by atoms with Crippen LogP contribution in [0.5, 0.6) is 11.5 Å². The molecule has 142 valence electrons. The summed E-state index contributed by atoms with van der Waals surface area (Å²) in [6, 6.07) is 14.0. The summed E-state index contributed by atoms with van der Waals surface area (Å²) < 4.78 is 7.82. The van der Waals surface area contributed by atoms with Crippen molar-refractivity contribution in [3.05, 3.63) is 88.7 Å². The van der Waals surface area contributed by atoms with Crippen LogP contribution in [0.1, 0.15) is 27.0 Å². The molecule has 0 bridgehead atoms. The molecule has 0 saturated heterocycles. The third kappa shape index (κ3) is 2.93. The molecule has 1 aliphatic heterocycles. The molecule has 0 unspecified atom stereocenters. The molecule has 0 radical (unpaired) electrons. The number of hydrogen-bond donors (Lipinski definition) is 2. The van der Waals surface area contributed by atoms with E-state index >= 15 is 0 Å². The lowest BCUT2D eigenvalue weighted by atomic mass is 9.80. The quantitative estimate of drug-likeness (QED) is 0.312. The second kappa shape index (κ2) is 7.16. The van der Waals surface area contributed by atoms with Crippen molar-refractivity contribution in [2.45, 2.75) is 5.60 Å². The van der Waals surface area contributed by atoms with Gasteiger partial charge in [-0.05, 0) is 94.1 Å². The van der Waals surface area contributed by atoms with Gasteiger partial charge < -0.3 is 14.9 Å². The molecule has 0 aliphatic carbocycles. The first-order valence-electron chi connectivity index (χ1n) is 7.95. The molecule has 0 fully saturated rings. The van der Waals surface area contributed by atoms with E-state index in [4.69, 9.17) is 4.74 Å². The Balaban J connectivity index is 2.12. The Hall–Kier alpha value is -1.35. The molecule has 0 aromatic heterocycles. The molecule has 0 spiro atoms. The zero-order valence-corrected chi connectivity index (χ0v) is 20.2. The smallest absolute Gasteiger partial charge is 0.340 e. The SMILES string of the molecule is O=C1OC(c2cc(Br)c(O)c(Br)c2)(c2cc(Br)c(O)c(Br)c2)c2ccccc21. The van der Waals surface area contributed by atoms with Crippen LogP contribution in [0.15, 0.2) is 66.4 Å². The number of rotatable bonds is 2. The molecular formula is C20H10Br4O4. The highest BCUT2D eigenvalue weighted by molar-refractivity contribution is 9.11. The van der Waals surface area contributed by atoms with Crippen LogP contribution in [0.25, 0.3) is 0 Å². The first-order valence-corrected chi connectivity index (χ1v) is 11.1. The Kier molecular flexibility index (Phi) is 5.10. The Bertz CT molecular complexity index is 1040. The normalized spacial score (nSPS) is 14.6. The second-order valence-corrected chi connectivity index (χ2v) is 9.61. The highest BCUT2D eigenvalue weighted by Gasteiger charge is 2.49. The number of carbonyl (C=O) groups excluding carboxylic acids is 1. The summed E-state index contributed by atoms with van der Waals surface area (Å²) in [5.74, 6) is -0.356. The van der Waals surface area contributed by atoms with Crippen LogP contribution in [-0.2, 0) is 10.3 Å². The fourth-order valence-electron chi connectivity index (χ4n) is 3.35. The van der Waals surface area contributed by atoms with Crippen LogP contribution in [0.4, 0.5) is 0 Å². The Morgan fingerprint density at radius 2 is 1.18 bits per heavy atom. The van der Waals surface area contributed by atoms with Gasteiger partial charge >= 0.3 is 5.97 Å². The third-order valence-electron chi connectivity index (χ3n) is 4.62. The highest BCUT2D eigenvalue weighted by Crippen LogP contribution is 2.51. The lowest BCUT2D eigenvalue weighted by molar-refractivity contribution is 0.0251. The van der Waals surface area contributed by atoms with Crippen LogP contribution in [-0.4, -0.2) is 16.2 Å². The fourth-order valence-corrected chi connectivity index (χ4v) is 5.72. The second-order valence-electron chi connectivity index (χ2n) is 6.19. The number of halogens is 4. The molecule has 0 amide bonds. The van der Waals surface area contributed by atoms with Crippen molar-refractivity contribution >= 4 is 69.7 Å². The minimum absolute atomic E-state index is 0.0459. The van der Waals surface area contributed by atoms with Crippen LogP contribution < -0.4 is 0 Å². The number of cyclic esters (lactones) is 1. The van der Waals surface area contributed by atoms with Crippen LogP contribution in [0.2, 0.25) is 0 Å². The van der Waals surface area contributed by atoms with E-state index in [0.29, 0.717) is 40.1 Å². The van der Waals surface area contributed by atoms with Gasteiger partial charge in [-0.15, -0.1) is 0 Å². The number of ether oxygens (including phenoxy) is 1.